The Hall–Kier alpha value is -0.930. The molecule has 1 amide bonds. The van der Waals surface area contributed by atoms with Gasteiger partial charge in [-0.2, -0.15) is 0 Å². The van der Waals surface area contributed by atoms with Gasteiger partial charge in [0, 0.05) is 12.1 Å². The van der Waals surface area contributed by atoms with Crippen molar-refractivity contribution in [3.05, 3.63) is 28.2 Å². The van der Waals surface area contributed by atoms with Crippen molar-refractivity contribution >= 4 is 29.1 Å². The van der Waals surface area contributed by atoms with Crippen LogP contribution in [0.3, 0.4) is 0 Å². The molecule has 3 nitrogen and oxygen atoms in total. The van der Waals surface area contributed by atoms with Crippen LogP contribution in [-0.2, 0) is 4.79 Å². The van der Waals surface area contributed by atoms with Crippen LogP contribution in [0.4, 0.5) is 0 Å². The summed E-state index contributed by atoms with van der Waals surface area (Å²) < 4.78 is 5.43. The zero-order valence-electron chi connectivity index (χ0n) is 11.5. The number of benzene rings is 1. The molecule has 1 N–H and O–H groups in total. The van der Waals surface area contributed by atoms with Gasteiger partial charge in [-0.1, -0.05) is 43.0 Å². The predicted octanol–water partition coefficient (Wildman–Crippen LogP) is 4.07. The minimum Gasteiger partial charge on any atom is -0.484 e. The van der Waals surface area contributed by atoms with E-state index in [1.165, 1.54) is 19.3 Å². The highest BCUT2D eigenvalue weighted by atomic mass is 35.5. The SMILES string of the molecule is C[C@@H]1CCCC[C@@H]1NC(=O)COc1ccc(Cl)c(Cl)c1. The molecule has 0 heterocycles. The molecule has 1 fully saturated rings. The zero-order valence-corrected chi connectivity index (χ0v) is 13.0. The van der Waals surface area contributed by atoms with Crippen LogP contribution < -0.4 is 10.1 Å². The maximum atomic E-state index is 11.9. The number of nitrogens with one attached hydrogen (secondary N) is 1. The highest BCUT2D eigenvalue weighted by Gasteiger charge is 2.22. The number of hydrogen-bond acceptors (Lipinski definition) is 2. The van der Waals surface area contributed by atoms with Crippen molar-refractivity contribution in [3.8, 4) is 5.75 Å². The van der Waals surface area contributed by atoms with Crippen molar-refractivity contribution < 1.29 is 9.53 Å². The second-order valence-corrected chi connectivity index (χ2v) is 6.11. The van der Waals surface area contributed by atoms with Crippen LogP contribution in [0.1, 0.15) is 32.6 Å². The van der Waals surface area contributed by atoms with E-state index in [4.69, 9.17) is 27.9 Å². The maximum Gasteiger partial charge on any atom is 0.258 e. The van der Waals surface area contributed by atoms with E-state index in [1.807, 2.05) is 0 Å². The summed E-state index contributed by atoms with van der Waals surface area (Å²) >= 11 is 11.7. The Kier molecular flexibility index (Phi) is 5.55. The zero-order chi connectivity index (χ0) is 14.5. The van der Waals surface area contributed by atoms with E-state index in [1.54, 1.807) is 18.2 Å². The molecule has 0 bridgehead atoms. The van der Waals surface area contributed by atoms with Crippen LogP contribution in [0.25, 0.3) is 0 Å². The summed E-state index contributed by atoms with van der Waals surface area (Å²) in [6.07, 6.45) is 4.68. The molecule has 1 aliphatic rings. The van der Waals surface area contributed by atoms with Gasteiger partial charge in [-0.3, -0.25) is 4.79 Å². The normalized spacial score (nSPS) is 22.4. The standard InChI is InChI=1S/C15H19Cl2NO2/c1-10-4-2-3-5-14(10)18-15(19)9-20-11-6-7-12(16)13(17)8-11/h6-8,10,14H,2-5,9H2,1H3,(H,18,19)/t10-,14+/m1/s1. The highest BCUT2D eigenvalue weighted by Crippen LogP contribution is 2.26. The fourth-order valence-electron chi connectivity index (χ4n) is 2.49. The van der Waals surface area contributed by atoms with Crippen molar-refractivity contribution in [1.82, 2.24) is 5.32 Å². The van der Waals surface area contributed by atoms with E-state index in [-0.39, 0.29) is 18.6 Å². The van der Waals surface area contributed by atoms with Crippen molar-refractivity contribution in [2.24, 2.45) is 5.92 Å². The first kappa shape index (κ1) is 15.5. The van der Waals surface area contributed by atoms with Gasteiger partial charge >= 0.3 is 0 Å². The van der Waals surface area contributed by atoms with Crippen LogP contribution in [0.15, 0.2) is 18.2 Å². The molecule has 0 aromatic heterocycles. The summed E-state index contributed by atoms with van der Waals surface area (Å²) in [5, 5.41) is 3.94. The van der Waals surface area contributed by atoms with E-state index in [0.717, 1.165) is 6.42 Å². The average Bonchev–Trinajstić information content (AvgIpc) is 2.43. The minimum atomic E-state index is -0.0881. The third-order valence-corrected chi connectivity index (χ3v) is 4.46. The number of amides is 1. The molecule has 1 aromatic rings. The molecular weight excluding hydrogens is 297 g/mol. The third kappa shape index (κ3) is 4.29. The number of carbonyl (C=O) groups is 1. The Balaban J connectivity index is 1.81. The molecular formula is C15H19Cl2NO2. The fourth-order valence-corrected chi connectivity index (χ4v) is 2.78. The van der Waals surface area contributed by atoms with Crippen LogP contribution in [0, 0.1) is 5.92 Å². The first-order valence-corrected chi connectivity index (χ1v) is 7.69. The lowest BCUT2D eigenvalue weighted by atomic mass is 9.86. The number of rotatable bonds is 4. The Morgan fingerprint density at radius 2 is 2.05 bits per heavy atom. The molecule has 1 aromatic carbocycles. The molecule has 0 unspecified atom stereocenters. The largest absolute Gasteiger partial charge is 0.484 e. The molecule has 2 atom stereocenters. The first-order valence-electron chi connectivity index (χ1n) is 6.93. The molecule has 5 heteroatoms. The fraction of sp³-hybridized carbons (Fsp3) is 0.533. The van der Waals surface area contributed by atoms with Gasteiger partial charge in [0.25, 0.3) is 5.91 Å². The lowest BCUT2D eigenvalue weighted by molar-refractivity contribution is -0.124. The first-order chi connectivity index (χ1) is 9.56. The summed E-state index contributed by atoms with van der Waals surface area (Å²) in [5.74, 6) is 0.999. The van der Waals surface area contributed by atoms with Gasteiger partial charge in [-0.15, -0.1) is 0 Å². The van der Waals surface area contributed by atoms with Gasteiger partial charge in [0.1, 0.15) is 5.75 Å². The lowest BCUT2D eigenvalue weighted by Crippen LogP contribution is -2.43. The lowest BCUT2D eigenvalue weighted by Gasteiger charge is -2.29. The molecule has 2 rings (SSSR count). The van der Waals surface area contributed by atoms with Crippen LogP contribution in [0.2, 0.25) is 10.0 Å². The third-order valence-electron chi connectivity index (χ3n) is 3.72. The Bertz CT molecular complexity index is 479. The van der Waals surface area contributed by atoms with Crippen molar-refractivity contribution in [2.45, 2.75) is 38.6 Å². The van der Waals surface area contributed by atoms with Gasteiger partial charge in [0.05, 0.1) is 10.0 Å². The molecule has 0 spiro atoms. The molecule has 0 radical (unpaired) electrons. The van der Waals surface area contributed by atoms with Gasteiger partial charge in [-0.05, 0) is 30.9 Å². The van der Waals surface area contributed by atoms with Gasteiger partial charge in [0.15, 0.2) is 6.61 Å². The summed E-state index contributed by atoms with van der Waals surface area (Å²) in [5.41, 5.74) is 0. The van der Waals surface area contributed by atoms with Crippen molar-refractivity contribution in [3.63, 3.8) is 0 Å². The maximum absolute atomic E-state index is 11.9. The van der Waals surface area contributed by atoms with Crippen molar-refractivity contribution in [2.75, 3.05) is 6.61 Å². The molecule has 20 heavy (non-hydrogen) atoms. The van der Waals surface area contributed by atoms with Crippen LogP contribution in [-0.4, -0.2) is 18.6 Å². The molecule has 0 aliphatic heterocycles. The number of hydrogen-bond donors (Lipinski definition) is 1. The smallest absolute Gasteiger partial charge is 0.258 e. The summed E-state index contributed by atoms with van der Waals surface area (Å²) in [6, 6.07) is 5.24. The minimum absolute atomic E-state index is 0.00117. The molecule has 110 valence electrons. The second-order valence-electron chi connectivity index (χ2n) is 5.30. The van der Waals surface area contributed by atoms with E-state index >= 15 is 0 Å². The quantitative estimate of drug-likeness (QED) is 0.909. The Morgan fingerprint density at radius 1 is 1.30 bits per heavy atom. The number of carbonyl (C=O) groups excluding carboxylic acids is 1. The van der Waals surface area contributed by atoms with Gasteiger partial charge in [0.2, 0.25) is 0 Å². The topological polar surface area (TPSA) is 38.3 Å². The monoisotopic (exact) mass is 315 g/mol. The van der Waals surface area contributed by atoms with Crippen molar-refractivity contribution in [1.29, 1.82) is 0 Å². The van der Waals surface area contributed by atoms with E-state index in [9.17, 15) is 4.79 Å². The summed E-state index contributed by atoms with van der Waals surface area (Å²) in [4.78, 5) is 11.9. The number of ether oxygens (including phenoxy) is 1. The van der Waals surface area contributed by atoms with E-state index in [2.05, 4.69) is 12.2 Å². The molecule has 0 saturated heterocycles. The summed E-state index contributed by atoms with van der Waals surface area (Å²) in [7, 11) is 0. The van der Waals surface area contributed by atoms with Crippen LogP contribution in [0.5, 0.6) is 5.75 Å². The van der Waals surface area contributed by atoms with E-state index in [0.29, 0.717) is 21.7 Å². The average molecular weight is 316 g/mol. The van der Waals surface area contributed by atoms with E-state index < -0.39 is 0 Å². The Labute approximate surface area is 129 Å². The highest BCUT2D eigenvalue weighted by molar-refractivity contribution is 6.42. The predicted molar refractivity (Wildman–Crippen MR) is 81.5 cm³/mol. The molecule has 1 aliphatic carbocycles. The van der Waals surface area contributed by atoms with Gasteiger partial charge in [-0.25, -0.2) is 0 Å². The number of halogens is 2. The molecule has 1 saturated carbocycles. The summed E-state index contributed by atoms with van der Waals surface area (Å²) in [6.45, 7) is 2.19. The second kappa shape index (κ2) is 7.19. The Morgan fingerprint density at radius 3 is 2.75 bits per heavy atom. The van der Waals surface area contributed by atoms with Gasteiger partial charge < -0.3 is 10.1 Å². The van der Waals surface area contributed by atoms with Crippen LogP contribution >= 0.6 is 23.2 Å².